The van der Waals surface area contributed by atoms with Crippen LogP contribution in [0.4, 0.5) is 0 Å². The van der Waals surface area contributed by atoms with Gasteiger partial charge < -0.3 is 15.4 Å². The molecule has 0 spiro atoms. The first-order valence-electron chi connectivity index (χ1n) is 5.43. The molecule has 2 aliphatic rings. The molecule has 0 aliphatic carbocycles. The summed E-state index contributed by atoms with van der Waals surface area (Å²) in [7, 11) is 0. The van der Waals surface area contributed by atoms with Crippen LogP contribution >= 0.6 is 11.8 Å². The van der Waals surface area contributed by atoms with E-state index in [0.29, 0.717) is 11.4 Å². The van der Waals surface area contributed by atoms with Crippen molar-refractivity contribution in [2.24, 2.45) is 0 Å². The first-order chi connectivity index (χ1) is 8.18. The maximum absolute atomic E-state index is 11.4. The Bertz CT molecular complexity index is 540. The van der Waals surface area contributed by atoms with Crippen LogP contribution in [0.2, 0.25) is 0 Å². The summed E-state index contributed by atoms with van der Waals surface area (Å²) in [6, 6.07) is 1.35. The molecule has 1 aromatic rings. The van der Waals surface area contributed by atoms with E-state index in [9.17, 15) is 9.90 Å². The van der Waals surface area contributed by atoms with Gasteiger partial charge in [-0.3, -0.25) is 9.47 Å². The zero-order chi connectivity index (χ0) is 12.0. The van der Waals surface area contributed by atoms with Crippen LogP contribution in [0.1, 0.15) is 5.69 Å². The standard InChI is InChI=1S/C11H13N3O2S/c1-7-10-11(16)8(15)2-3-14(10)12-9-6-17-5-4-13(7)9/h2-3,9,12,16H,1,4-6H2. The van der Waals surface area contributed by atoms with E-state index < -0.39 is 0 Å². The van der Waals surface area contributed by atoms with Crippen LogP contribution < -0.4 is 10.9 Å². The SMILES string of the molecule is C=C1c2c(O)c(=O)ccn2NC2CSCCN12. The minimum atomic E-state index is -0.371. The van der Waals surface area contributed by atoms with Gasteiger partial charge in [0, 0.05) is 30.3 Å². The highest BCUT2D eigenvalue weighted by Crippen LogP contribution is 2.31. The summed E-state index contributed by atoms with van der Waals surface area (Å²) >= 11 is 1.88. The summed E-state index contributed by atoms with van der Waals surface area (Å²) < 4.78 is 1.69. The molecule has 1 unspecified atom stereocenters. The van der Waals surface area contributed by atoms with Crippen LogP contribution in [0.3, 0.4) is 0 Å². The smallest absolute Gasteiger partial charge is 0.224 e. The highest BCUT2D eigenvalue weighted by Gasteiger charge is 2.31. The highest BCUT2D eigenvalue weighted by molar-refractivity contribution is 7.99. The van der Waals surface area contributed by atoms with Crippen molar-refractivity contribution in [1.29, 1.82) is 0 Å². The van der Waals surface area contributed by atoms with Crippen molar-refractivity contribution in [3.8, 4) is 5.75 Å². The minimum absolute atomic E-state index is 0.177. The number of pyridine rings is 1. The lowest BCUT2D eigenvalue weighted by atomic mass is 10.2. The molecule has 1 aromatic heterocycles. The zero-order valence-electron chi connectivity index (χ0n) is 9.22. The van der Waals surface area contributed by atoms with Crippen molar-refractivity contribution in [1.82, 2.24) is 9.58 Å². The molecule has 5 nitrogen and oxygen atoms in total. The maximum atomic E-state index is 11.4. The van der Waals surface area contributed by atoms with E-state index >= 15 is 0 Å². The van der Waals surface area contributed by atoms with Crippen LogP contribution in [0.25, 0.3) is 5.70 Å². The molecule has 6 heteroatoms. The van der Waals surface area contributed by atoms with Crippen LogP contribution in [-0.4, -0.2) is 38.9 Å². The van der Waals surface area contributed by atoms with E-state index in [2.05, 4.69) is 16.9 Å². The number of nitrogens with zero attached hydrogens (tertiary/aromatic N) is 2. The molecule has 90 valence electrons. The summed E-state index contributed by atoms with van der Waals surface area (Å²) in [5, 5.41) is 9.84. The molecule has 0 amide bonds. The van der Waals surface area contributed by atoms with Gasteiger partial charge >= 0.3 is 0 Å². The lowest BCUT2D eigenvalue weighted by molar-refractivity contribution is 0.308. The third-order valence-corrected chi connectivity index (χ3v) is 4.13. The van der Waals surface area contributed by atoms with Gasteiger partial charge in [-0.15, -0.1) is 0 Å². The summed E-state index contributed by atoms with van der Waals surface area (Å²) in [6.45, 7) is 4.88. The van der Waals surface area contributed by atoms with Gasteiger partial charge in [0.15, 0.2) is 5.75 Å². The third-order valence-electron chi connectivity index (χ3n) is 3.11. The summed E-state index contributed by atoms with van der Waals surface area (Å²) in [6.07, 6.45) is 1.81. The van der Waals surface area contributed by atoms with Gasteiger partial charge in [0.05, 0.1) is 5.70 Å². The molecular formula is C11H13N3O2S. The van der Waals surface area contributed by atoms with Gasteiger partial charge in [0.1, 0.15) is 11.9 Å². The van der Waals surface area contributed by atoms with E-state index in [0.717, 1.165) is 18.1 Å². The predicted molar refractivity (Wildman–Crippen MR) is 68.6 cm³/mol. The Labute approximate surface area is 103 Å². The van der Waals surface area contributed by atoms with Crippen LogP contribution in [-0.2, 0) is 0 Å². The van der Waals surface area contributed by atoms with E-state index in [-0.39, 0.29) is 17.3 Å². The highest BCUT2D eigenvalue weighted by atomic mass is 32.2. The zero-order valence-corrected chi connectivity index (χ0v) is 10.0. The third kappa shape index (κ3) is 1.51. The number of aromatic hydroxyl groups is 1. The lowest BCUT2D eigenvalue weighted by Gasteiger charge is -2.44. The molecule has 1 atom stereocenters. The molecule has 3 heterocycles. The van der Waals surface area contributed by atoms with Crippen molar-refractivity contribution < 1.29 is 5.11 Å². The fourth-order valence-corrected chi connectivity index (χ4v) is 3.21. The first kappa shape index (κ1) is 10.6. The van der Waals surface area contributed by atoms with Gasteiger partial charge in [0.2, 0.25) is 5.43 Å². The van der Waals surface area contributed by atoms with Gasteiger partial charge in [-0.25, -0.2) is 0 Å². The Kier molecular flexibility index (Phi) is 2.32. The largest absolute Gasteiger partial charge is 0.503 e. The topological polar surface area (TPSA) is 57.5 Å². The molecule has 1 fully saturated rings. The van der Waals surface area contributed by atoms with Crippen LogP contribution in [0.15, 0.2) is 23.6 Å². The predicted octanol–water partition coefficient (Wildman–Crippen LogP) is 0.457. The van der Waals surface area contributed by atoms with Crippen molar-refractivity contribution >= 4 is 17.5 Å². The minimum Gasteiger partial charge on any atom is -0.503 e. The molecule has 2 N–H and O–H groups in total. The molecular weight excluding hydrogens is 238 g/mol. The fraction of sp³-hybridized carbons (Fsp3) is 0.364. The lowest BCUT2D eigenvalue weighted by Crippen LogP contribution is -2.52. The molecule has 2 aliphatic heterocycles. The molecule has 0 bridgehead atoms. The average molecular weight is 251 g/mol. The molecule has 17 heavy (non-hydrogen) atoms. The van der Waals surface area contributed by atoms with Gasteiger partial charge in [-0.1, -0.05) is 6.58 Å². The number of thioether (sulfide) groups is 1. The normalized spacial score (nSPS) is 22.7. The second-order valence-corrected chi connectivity index (χ2v) is 5.26. The molecule has 1 saturated heterocycles. The van der Waals surface area contributed by atoms with Crippen molar-refractivity contribution in [2.75, 3.05) is 23.5 Å². The van der Waals surface area contributed by atoms with E-state index in [1.54, 1.807) is 10.9 Å². The Morgan fingerprint density at radius 1 is 1.59 bits per heavy atom. The number of hydrogen-bond acceptors (Lipinski definition) is 5. The second-order valence-electron chi connectivity index (χ2n) is 4.11. The molecule has 0 saturated carbocycles. The Balaban J connectivity index is 2.13. The Hall–Kier alpha value is -1.56. The Morgan fingerprint density at radius 3 is 3.24 bits per heavy atom. The summed E-state index contributed by atoms with van der Waals surface area (Å²) in [5.41, 5.74) is 4.07. The number of hydrogen-bond donors (Lipinski definition) is 2. The fourth-order valence-electron chi connectivity index (χ4n) is 2.24. The van der Waals surface area contributed by atoms with E-state index in [1.807, 2.05) is 11.8 Å². The molecule has 0 radical (unpaired) electrons. The van der Waals surface area contributed by atoms with Gasteiger partial charge in [0.25, 0.3) is 0 Å². The first-order valence-corrected chi connectivity index (χ1v) is 6.59. The summed E-state index contributed by atoms with van der Waals surface area (Å²) in [5.74, 6) is 1.77. The van der Waals surface area contributed by atoms with Crippen LogP contribution in [0, 0.1) is 0 Å². The number of nitrogens with one attached hydrogen (secondary N) is 1. The van der Waals surface area contributed by atoms with E-state index in [1.165, 1.54) is 6.07 Å². The van der Waals surface area contributed by atoms with Crippen LogP contribution in [0.5, 0.6) is 5.75 Å². The number of aromatic nitrogens is 1. The Morgan fingerprint density at radius 2 is 2.41 bits per heavy atom. The molecule has 3 rings (SSSR count). The quantitative estimate of drug-likeness (QED) is 0.701. The van der Waals surface area contributed by atoms with Crippen molar-refractivity contribution in [3.05, 3.63) is 34.8 Å². The molecule has 0 aromatic carbocycles. The maximum Gasteiger partial charge on any atom is 0.224 e. The summed E-state index contributed by atoms with van der Waals surface area (Å²) in [4.78, 5) is 13.5. The van der Waals surface area contributed by atoms with Gasteiger partial charge in [-0.05, 0) is 0 Å². The average Bonchev–Trinajstić information content (AvgIpc) is 2.34. The monoisotopic (exact) mass is 251 g/mol. The van der Waals surface area contributed by atoms with Crippen molar-refractivity contribution in [3.63, 3.8) is 0 Å². The van der Waals surface area contributed by atoms with Crippen molar-refractivity contribution in [2.45, 2.75) is 6.17 Å². The van der Waals surface area contributed by atoms with E-state index in [4.69, 9.17) is 0 Å². The van der Waals surface area contributed by atoms with Gasteiger partial charge in [-0.2, -0.15) is 11.8 Å². The number of fused-ring (bicyclic) bond motifs is 2. The number of rotatable bonds is 0. The second kappa shape index (κ2) is 3.73.